The number of hydroxylamine groups is 4. The molecule has 5 saturated heterocycles. The lowest BCUT2D eigenvalue weighted by Gasteiger charge is -2.48. The van der Waals surface area contributed by atoms with Crippen LogP contribution in [-0.4, -0.2) is 181 Å². The Bertz CT molecular complexity index is 1870. The number of cyclic esters (lactones) is 1. The highest BCUT2D eigenvalue weighted by Gasteiger charge is 2.59. The van der Waals surface area contributed by atoms with Crippen molar-refractivity contribution in [3.8, 4) is 0 Å². The van der Waals surface area contributed by atoms with Crippen LogP contribution in [0.25, 0.3) is 0 Å². The normalized spacial score (nSPS) is 33.7. The van der Waals surface area contributed by atoms with E-state index in [1.54, 1.807) is 41.5 Å². The Morgan fingerprint density at radius 3 is 2.01 bits per heavy atom. The van der Waals surface area contributed by atoms with Gasteiger partial charge < -0.3 is 35.0 Å². The quantitative estimate of drug-likeness (QED) is 0.147. The first-order valence-electron chi connectivity index (χ1n) is 25.1. The van der Waals surface area contributed by atoms with E-state index >= 15 is 4.79 Å². The second-order valence-electron chi connectivity index (χ2n) is 20.7. The highest BCUT2D eigenvalue weighted by atomic mass is 16.7. The molecule has 11 atom stereocenters. The molecule has 69 heavy (non-hydrogen) atoms. The van der Waals surface area contributed by atoms with Gasteiger partial charge in [0.05, 0.1) is 24.9 Å². The summed E-state index contributed by atoms with van der Waals surface area (Å²) < 4.78 is 12.5. The molecule has 0 radical (unpaired) electrons. The van der Waals surface area contributed by atoms with Gasteiger partial charge in [-0.25, -0.2) is 25.8 Å². The van der Waals surface area contributed by atoms with Crippen LogP contribution >= 0.6 is 0 Å². The summed E-state index contributed by atoms with van der Waals surface area (Å²) in [5, 5.41) is 42.3. The molecule has 5 rings (SSSR count). The van der Waals surface area contributed by atoms with Crippen LogP contribution in [0, 0.1) is 23.7 Å². The Kier molecular flexibility index (Phi) is 18.6. The van der Waals surface area contributed by atoms with Crippen LogP contribution in [0.4, 0.5) is 0 Å². The van der Waals surface area contributed by atoms with Crippen molar-refractivity contribution in [2.24, 2.45) is 23.7 Å². The maximum absolute atomic E-state index is 15.4. The second kappa shape index (κ2) is 23.0. The molecule has 0 aromatic heterocycles. The molecule has 5 aliphatic rings. The number of nitrogens with zero attached hydrogens (tertiary/aromatic N) is 5. The predicted molar refractivity (Wildman–Crippen MR) is 246 cm³/mol. The van der Waals surface area contributed by atoms with Gasteiger partial charge in [0, 0.05) is 26.1 Å². The summed E-state index contributed by atoms with van der Waals surface area (Å²) >= 11 is 0. The molecule has 0 aliphatic carbocycles. The summed E-state index contributed by atoms with van der Waals surface area (Å²) in [5.74, 6) is -10.1. The summed E-state index contributed by atoms with van der Waals surface area (Å²) in [5.41, 5.74) is 1.39. The third-order valence-electron chi connectivity index (χ3n) is 14.2. The molecule has 0 bridgehead atoms. The molecule has 0 aromatic rings. The van der Waals surface area contributed by atoms with Crippen molar-refractivity contribution in [3.63, 3.8) is 0 Å². The molecule has 6 N–H and O–H groups in total. The summed E-state index contributed by atoms with van der Waals surface area (Å²) in [7, 11) is 0. The minimum atomic E-state index is -2.70. The van der Waals surface area contributed by atoms with Crippen LogP contribution in [-0.2, 0) is 52.7 Å². The number of hydrazine groups is 2. The third-order valence-corrected chi connectivity index (χ3v) is 14.2. The molecular weight excluding hydrogens is 901 g/mol. The maximum Gasteiger partial charge on any atom is 0.332 e. The van der Waals surface area contributed by atoms with Crippen LogP contribution in [0.3, 0.4) is 0 Å². The van der Waals surface area contributed by atoms with E-state index in [1.807, 2.05) is 6.92 Å². The van der Waals surface area contributed by atoms with Gasteiger partial charge >= 0.3 is 5.97 Å². The molecule has 5 fully saturated rings. The van der Waals surface area contributed by atoms with Gasteiger partial charge in [0.25, 0.3) is 29.5 Å². The van der Waals surface area contributed by atoms with Crippen molar-refractivity contribution in [2.45, 2.75) is 193 Å². The number of carbonyl (C=O) groups excluding carboxylic acids is 7. The number of amides is 6. The molecule has 392 valence electrons. The molecule has 0 spiro atoms. The van der Waals surface area contributed by atoms with E-state index in [9.17, 15) is 44.1 Å². The first-order chi connectivity index (χ1) is 32.4. The smallest absolute Gasteiger partial charge is 0.332 e. The van der Waals surface area contributed by atoms with Crippen LogP contribution < -0.4 is 16.2 Å². The largest absolute Gasteiger partial charge is 0.458 e. The number of carbonyl (C=O) groups is 7. The zero-order valence-corrected chi connectivity index (χ0v) is 42.5. The number of hydrogen-bond donors (Lipinski definition) is 6. The van der Waals surface area contributed by atoms with E-state index in [1.165, 1.54) is 11.8 Å². The molecule has 5 heterocycles. The fourth-order valence-corrected chi connectivity index (χ4v) is 10.4. The van der Waals surface area contributed by atoms with Crippen molar-refractivity contribution in [3.05, 3.63) is 0 Å². The van der Waals surface area contributed by atoms with Crippen LogP contribution in [0.2, 0.25) is 0 Å². The SMILES string of the molecule is CCON1CC(=O)N2NCCCC2C(=O)N2CCC(C)(O)C2C(=O)N(OCC)C(C(C)C)C(=O)OC(C(C)C)C(NC(=O)C(C)(O)C2(O)CCC(CC(C)C)C(CC)O2)C(=O)N2NCCCC2C1=O. The fourth-order valence-electron chi connectivity index (χ4n) is 10.4. The summed E-state index contributed by atoms with van der Waals surface area (Å²) in [6.45, 7) is 17.6. The van der Waals surface area contributed by atoms with Gasteiger partial charge in [0.1, 0.15) is 36.8 Å². The molecule has 0 saturated carbocycles. The minimum Gasteiger partial charge on any atom is -0.458 e. The highest BCUT2D eigenvalue weighted by molar-refractivity contribution is 5.97. The number of rotatable bonds is 12. The molecule has 0 aromatic carbocycles. The number of esters is 1. The first-order valence-corrected chi connectivity index (χ1v) is 25.1. The lowest BCUT2D eigenvalue weighted by Crippen LogP contribution is -2.70. The van der Waals surface area contributed by atoms with Gasteiger partial charge in [-0.2, -0.15) is 0 Å². The second-order valence-corrected chi connectivity index (χ2v) is 20.7. The third kappa shape index (κ3) is 11.9. The summed E-state index contributed by atoms with van der Waals surface area (Å²) in [6.07, 6.45) is 0.485. The fraction of sp³-hybridized carbons (Fsp3) is 0.851. The van der Waals surface area contributed by atoms with E-state index in [-0.39, 0.29) is 57.9 Å². The van der Waals surface area contributed by atoms with Gasteiger partial charge in [-0.3, -0.25) is 48.5 Å². The Morgan fingerprint density at radius 2 is 1.45 bits per heavy atom. The van der Waals surface area contributed by atoms with Crippen molar-refractivity contribution in [2.75, 3.05) is 39.4 Å². The van der Waals surface area contributed by atoms with E-state index in [4.69, 9.17) is 19.1 Å². The summed E-state index contributed by atoms with van der Waals surface area (Å²) in [6, 6.07) is -7.60. The van der Waals surface area contributed by atoms with E-state index in [0.717, 1.165) is 33.5 Å². The molecule has 6 amide bonds. The van der Waals surface area contributed by atoms with Gasteiger partial charge in [-0.15, -0.1) is 0 Å². The zero-order chi connectivity index (χ0) is 51.3. The molecule has 5 aliphatic heterocycles. The van der Waals surface area contributed by atoms with Gasteiger partial charge in [0.15, 0.2) is 11.6 Å². The van der Waals surface area contributed by atoms with Crippen molar-refractivity contribution in [1.82, 2.24) is 41.2 Å². The minimum absolute atomic E-state index is 0.0377. The van der Waals surface area contributed by atoms with E-state index < -0.39 is 119 Å². The Labute approximate surface area is 406 Å². The van der Waals surface area contributed by atoms with Crippen molar-refractivity contribution < 1.29 is 68.0 Å². The average molecular weight is 981 g/mol. The van der Waals surface area contributed by atoms with Crippen LogP contribution in [0.1, 0.15) is 134 Å². The van der Waals surface area contributed by atoms with E-state index in [2.05, 4.69) is 30.0 Å². The Morgan fingerprint density at radius 1 is 0.841 bits per heavy atom. The standard InChI is InChI=1S/C47H80N8O14/c1-12-33-30(25-27(4)5)19-20-47(65,69-33)46(11,64)44(62)50-35-37(29(8)9)68-43(61)36(28(6)7)55(67-14-3)42(60)38-45(10,63)21-24-51(38)39(57)31-17-15-22-48-53(31)34(56)26-52(66-13-2)40(58)32-18-16-23-49-54(32)41(35)59/h27-33,35-38,48-49,63-65H,12-26H2,1-11H3,(H,50,62). The maximum atomic E-state index is 15.4. The number of nitrogens with one attached hydrogen (secondary N) is 3. The lowest BCUT2D eigenvalue weighted by atomic mass is 9.78. The van der Waals surface area contributed by atoms with Crippen LogP contribution in [0.15, 0.2) is 0 Å². The van der Waals surface area contributed by atoms with Crippen molar-refractivity contribution >= 4 is 41.4 Å². The first kappa shape index (κ1) is 55.9. The average Bonchev–Trinajstić information content (AvgIpc) is 3.62. The van der Waals surface area contributed by atoms with Gasteiger partial charge in [-0.1, -0.05) is 48.5 Å². The Hall–Kier alpha value is -4.03. The molecule has 22 nitrogen and oxygen atoms in total. The number of ether oxygens (including phenoxy) is 2. The number of hydrogen-bond acceptors (Lipinski definition) is 16. The summed E-state index contributed by atoms with van der Waals surface area (Å²) in [4.78, 5) is 117. The number of aliphatic hydroxyl groups is 3. The lowest BCUT2D eigenvalue weighted by molar-refractivity contribution is -0.329. The topological polar surface area (TPSA) is 269 Å². The van der Waals surface area contributed by atoms with Gasteiger partial charge in [0.2, 0.25) is 11.7 Å². The molecule has 11 unspecified atom stereocenters. The highest BCUT2D eigenvalue weighted by Crippen LogP contribution is 2.42. The monoisotopic (exact) mass is 981 g/mol. The Balaban J connectivity index is 1.66. The predicted octanol–water partition coefficient (Wildman–Crippen LogP) is 0.671. The van der Waals surface area contributed by atoms with Gasteiger partial charge in [-0.05, 0) is 103 Å². The van der Waals surface area contributed by atoms with E-state index in [0.29, 0.717) is 38.1 Å². The zero-order valence-electron chi connectivity index (χ0n) is 42.5. The molecule has 22 heteroatoms. The van der Waals surface area contributed by atoms with Crippen molar-refractivity contribution in [1.29, 1.82) is 0 Å². The molecular formula is C47H80N8O14. The van der Waals surface area contributed by atoms with Crippen LogP contribution in [0.5, 0.6) is 0 Å². The number of fused-ring (bicyclic) bond motifs is 3.